The molecule has 0 bridgehead atoms. The van der Waals surface area contributed by atoms with E-state index in [-0.39, 0.29) is 5.41 Å². The molecule has 0 amide bonds. The maximum Gasteiger partial charge on any atom is 0.0443 e. The smallest absolute Gasteiger partial charge is 0.0443 e. The number of rotatable bonds is 10. The van der Waals surface area contributed by atoms with Crippen LogP contribution in [-0.4, -0.2) is 13.1 Å². The Morgan fingerprint density at radius 1 is 0.466 bits per heavy atom. The van der Waals surface area contributed by atoms with Crippen molar-refractivity contribution in [2.45, 2.75) is 99.3 Å². The van der Waals surface area contributed by atoms with Crippen molar-refractivity contribution in [2.24, 2.45) is 0 Å². The number of hydrogen-bond donors (Lipinski definition) is 0. The summed E-state index contributed by atoms with van der Waals surface area (Å²) >= 11 is 0. The lowest BCUT2D eigenvalue weighted by Crippen LogP contribution is -2.24. The highest BCUT2D eigenvalue weighted by molar-refractivity contribution is 5.87. The molecule has 0 radical (unpaired) electrons. The van der Waals surface area contributed by atoms with Gasteiger partial charge in [0.25, 0.3) is 0 Å². The molecule has 0 unspecified atom stereocenters. The fourth-order valence-electron chi connectivity index (χ4n) is 10.6. The van der Waals surface area contributed by atoms with Crippen molar-refractivity contribution >= 4 is 47.1 Å². The molecule has 2 heteroatoms. The topological polar surface area (TPSA) is 6.48 Å². The summed E-state index contributed by atoms with van der Waals surface area (Å²) in [6.45, 7) is 26.4. The third kappa shape index (κ3) is 12.6. The Labute approximate surface area is 440 Å². The number of allylic oxidation sites excluding steroid dienone is 6. The fourth-order valence-corrected chi connectivity index (χ4v) is 10.6. The van der Waals surface area contributed by atoms with Gasteiger partial charge in [0, 0.05) is 41.3 Å². The Balaban J connectivity index is 0.000000369. The summed E-state index contributed by atoms with van der Waals surface area (Å²) in [5.74, 6) is 0. The highest BCUT2D eigenvalue weighted by atomic mass is 15.1. The SMILES string of the molecule is C/C=C\C=C/C.C=CC=C.CCC1(CC)c2cc(/C=C/c3ccc(N4CCCc5ccccc54)cc3)c(C)cc2-c2cc(C)c(/C=C/c3ccc(N4CCCc5ccccc54)cc3)cc21.Cc1ccccc1C. The van der Waals surface area contributed by atoms with Crippen LogP contribution in [0.15, 0.2) is 195 Å². The molecule has 0 N–H and O–H groups in total. The molecule has 372 valence electrons. The number of aryl methyl sites for hydroxylation is 6. The van der Waals surface area contributed by atoms with Gasteiger partial charge in [0.2, 0.25) is 0 Å². The minimum Gasteiger partial charge on any atom is -0.341 e. The lowest BCUT2D eigenvalue weighted by Gasteiger charge is -2.31. The zero-order valence-electron chi connectivity index (χ0n) is 45.1. The molecule has 0 fully saturated rings. The van der Waals surface area contributed by atoms with Crippen LogP contribution >= 0.6 is 0 Å². The predicted octanol–water partition coefficient (Wildman–Crippen LogP) is 19.7. The average molecular weight is 959 g/mol. The van der Waals surface area contributed by atoms with Crippen molar-refractivity contribution in [2.75, 3.05) is 22.9 Å². The molecule has 2 nitrogen and oxygen atoms in total. The predicted molar refractivity (Wildman–Crippen MR) is 323 cm³/mol. The summed E-state index contributed by atoms with van der Waals surface area (Å²) in [5, 5.41) is 0. The Bertz CT molecular complexity index is 2870. The van der Waals surface area contributed by atoms with E-state index in [0.717, 1.165) is 25.9 Å². The summed E-state index contributed by atoms with van der Waals surface area (Å²) in [6, 6.07) is 54.2. The molecular weight excluding hydrogens is 881 g/mol. The molecule has 0 saturated heterocycles. The third-order valence-electron chi connectivity index (χ3n) is 15.0. The second-order valence-corrected chi connectivity index (χ2v) is 19.5. The van der Waals surface area contributed by atoms with Crippen LogP contribution < -0.4 is 9.80 Å². The summed E-state index contributed by atoms with van der Waals surface area (Å²) < 4.78 is 0. The monoisotopic (exact) mass is 959 g/mol. The zero-order chi connectivity index (χ0) is 51.7. The molecule has 1 aliphatic carbocycles. The molecule has 2 aliphatic heterocycles. The van der Waals surface area contributed by atoms with Gasteiger partial charge in [-0.1, -0.05) is 185 Å². The molecule has 0 spiro atoms. The number of anilines is 4. The number of benzene rings is 7. The van der Waals surface area contributed by atoms with Crippen LogP contribution in [-0.2, 0) is 18.3 Å². The van der Waals surface area contributed by atoms with Crippen LogP contribution in [0, 0.1) is 27.7 Å². The van der Waals surface area contributed by atoms with Crippen LogP contribution in [0.2, 0.25) is 0 Å². The van der Waals surface area contributed by atoms with E-state index in [4.69, 9.17) is 0 Å². The first-order chi connectivity index (χ1) is 35.6. The van der Waals surface area contributed by atoms with Crippen LogP contribution in [0.4, 0.5) is 22.7 Å². The molecular formula is C71H78N2. The van der Waals surface area contributed by atoms with Crippen molar-refractivity contribution in [3.63, 3.8) is 0 Å². The Morgan fingerprint density at radius 3 is 1.21 bits per heavy atom. The van der Waals surface area contributed by atoms with E-state index in [2.05, 4.69) is 234 Å². The maximum atomic E-state index is 3.36. The third-order valence-corrected chi connectivity index (χ3v) is 15.0. The number of hydrogen-bond acceptors (Lipinski definition) is 2. The normalized spacial score (nSPS) is 14.0. The van der Waals surface area contributed by atoms with Crippen molar-refractivity contribution in [3.05, 3.63) is 262 Å². The maximum absolute atomic E-state index is 3.36. The first-order valence-electron chi connectivity index (χ1n) is 26.7. The van der Waals surface area contributed by atoms with E-state index >= 15 is 0 Å². The van der Waals surface area contributed by atoms with Crippen LogP contribution in [0.3, 0.4) is 0 Å². The quantitative estimate of drug-likeness (QED) is 0.0996. The highest BCUT2D eigenvalue weighted by Crippen LogP contribution is 2.54. The zero-order valence-corrected chi connectivity index (χ0v) is 45.1. The first-order valence-corrected chi connectivity index (χ1v) is 26.7. The number of nitrogens with zero attached hydrogens (tertiary/aromatic N) is 2. The largest absolute Gasteiger partial charge is 0.341 e. The van der Waals surface area contributed by atoms with Gasteiger partial charge in [-0.15, -0.1) is 0 Å². The molecule has 7 aromatic rings. The fraction of sp³-hybridized carbons (Fsp3) is 0.239. The van der Waals surface area contributed by atoms with Gasteiger partial charge in [-0.25, -0.2) is 0 Å². The van der Waals surface area contributed by atoms with Gasteiger partial charge in [0.05, 0.1) is 0 Å². The average Bonchev–Trinajstić information content (AvgIpc) is 3.69. The van der Waals surface area contributed by atoms with E-state index in [0.29, 0.717) is 0 Å². The van der Waals surface area contributed by atoms with E-state index in [9.17, 15) is 0 Å². The molecule has 10 rings (SSSR count). The summed E-state index contributed by atoms with van der Waals surface area (Å²) in [7, 11) is 0. The van der Waals surface area contributed by atoms with Crippen LogP contribution in [0.25, 0.3) is 35.4 Å². The van der Waals surface area contributed by atoms with Gasteiger partial charge in [0.1, 0.15) is 0 Å². The first kappa shape index (κ1) is 53.4. The molecule has 2 heterocycles. The van der Waals surface area contributed by atoms with Gasteiger partial charge >= 0.3 is 0 Å². The van der Waals surface area contributed by atoms with E-state index in [1.54, 1.807) is 12.2 Å². The van der Waals surface area contributed by atoms with Gasteiger partial charge < -0.3 is 9.80 Å². The van der Waals surface area contributed by atoms with E-state index in [1.165, 1.54) is 126 Å². The second kappa shape index (κ2) is 25.8. The van der Waals surface area contributed by atoms with Crippen LogP contribution in [0.5, 0.6) is 0 Å². The Hall–Kier alpha value is -7.42. The van der Waals surface area contributed by atoms with E-state index in [1.807, 2.05) is 38.2 Å². The van der Waals surface area contributed by atoms with Crippen molar-refractivity contribution < 1.29 is 0 Å². The van der Waals surface area contributed by atoms with Crippen molar-refractivity contribution in [1.29, 1.82) is 0 Å². The summed E-state index contributed by atoms with van der Waals surface area (Å²) in [6.07, 6.45) is 27.4. The molecule has 73 heavy (non-hydrogen) atoms. The number of para-hydroxylation sites is 2. The lowest BCUT2D eigenvalue weighted by molar-refractivity contribution is 0.490. The molecule has 7 aromatic carbocycles. The Morgan fingerprint density at radius 2 is 0.849 bits per heavy atom. The molecule has 0 saturated carbocycles. The van der Waals surface area contributed by atoms with Gasteiger partial charge in [-0.3, -0.25) is 0 Å². The summed E-state index contributed by atoms with van der Waals surface area (Å²) in [5.41, 5.74) is 24.4. The van der Waals surface area contributed by atoms with Gasteiger partial charge in [0.15, 0.2) is 0 Å². The van der Waals surface area contributed by atoms with E-state index < -0.39 is 0 Å². The summed E-state index contributed by atoms with van der Waals surface area (Å²) in [4.78, 5) is 4.94. The standard InChI is InChI=1S/C53H52N2.C8H10.C6H10.C4H6/c1-5-53(6-2)49-35-43(25-19-39-21-27-45(28-22-39)54-31-11-15-41-13-7-9-17-51(41)54)37(3)33-47(49)48-34-38(4)44(36-50(48)53)26-20-40-23-29-46(30-24-40)55-32-12-16-42-14-8-10-18-52(42)55;1-7-5-3-4-6-8(7)2;1-3-5-6-4-2;1-3-4-2/h7-10,13-14,17-30,33-36H,5-6,11-12,15-16,31-32H2,1-4H3;3-6H,1-2H3;3-6H,1-2H3;3-4H,1-2H2/b25-19+,26-20+;;5-3-,6-4-;. The minimum atomic E-state index is -0.00396. The lowest BCUT2D eigenvalue weighted by atomic mass is 9.73. The van der Waals surface area contributed by atoms with Crippen molar-refractivity contribution in [3.8, 4) is 11.1 Å². The highest BCUT2D eigenvalue weighted by Gasteiger charge is 2.41. The molecule has 3 aliphatic rings. The molecule has 0 aromatic heterocycles. The van der Waals surface area contributed by atoms with Gasteiger partial charge in [-0.05, 0) is 206 Å². The number of fused-ring (bicyclic) bond motifs is 5. The van der Waals surface area contributed by atoms with Crippen molar-refractivity contribution in [1.82, 2.24) is 0 Å². The molecule has 0 atom stereocenters. The Kier molecular flexibility index (Phi) is 18.9. The van der Waals surface area contributed by atoms with Crippen LogP contribution in [0.1, 0.15) is 120 Å². The van der Waals surface area contributed by atoms with Gasteiger partial charge in [-0.2, -0.15) is 0 Å². The second-order valence-electron chi connectivity index (χ2n) is 19.5. The minimum absolute atomic E-state index is 0.00396.